The van der Waals surface area contributed by atoms with Crippen LogP contribution < -0.4 is 0 Å². The average molecular weight is 226 g/mol. The summed E-state index contributed by atoms with van der Waals surface area (Å²) in [5, 5.41) is 9.88. The zero-order chi connectivity index (χ0) is 11.5. The largest absolute Gasteiger partial charge is 0.495 e. The smallest absolute Gasteiger partial charge is 0.159 e. The van der Waals surface area contributed by atoms with Crippen LogP contribution in [0.25, 0.3) is 0 Å². The molecule has 1 atom stereocenters. The van der Waals surface area contributed by atoms with Gasteiger partial charge in [0.15, 0.2) is 11.6 Å². The van der Waals surface area contributed by atoms with Crippen LogP contribution >= 0.6 is 0 Å². The van der Waals surface area contributed by atoms with Gasteiger partial charge in [0.1, 0.15) is 11.9 Å². The standard InChI is InChI=1S/C12H12F2O2/c13-9-5-4-8(7-10(9)14)12(15)11-3-1-2-6-16-11/h3-5,7,12,15H,1-2,6H2. The second-order valence-corrected chi connectivity index (χ2v) is 3.67. The van der Waals surface area contributed by atoms with Crippen LogP contribution in [0.2, 0.25) is 0 Å². The Kier molecular flexibility index (Phi) is 3.19. The van der Waals surface area contributed by atoms with Gasteiger partial charge in [-0.15, -0.1) is 0 Å². The van der Waals surface area contributed by atoms with Crippen molar-refractivity contribution in [1.82, 2.24) is 0 Å². The van der Waals surface area contributed by atoms with E-state index in [1.54, 1.807) is 6.08 Å². The van der Waals surface area contributed by atoms with Gasteiger partial charge in [-0.05, 0) is 36.6 Å². The first-order valence-corrected chi connectivity index (χ1v) is 5.14. The van der Waals surface area contributed by atoms with E-state index >= 15 is 0 Å². The van der Waals surface area contributed by atoms with E-state index < -0.39 is 17.7 Å². The Hall–Kier alpha value is -1.42. The molecule has 1 aliphatic heterocycles. The van der Waals surface area contributed by atoms with Crippen molar-refractivity contribution >= 4 is 0 Å². The topological polar surface area (TPSA) is 29.5 Å². The van der Waals surface area contributed by atoms with Gasteiger partial charge in [0.05, 0.1) is 6.61 Å². The first kappa shape index (κ1) is 11.1. The molecule has 86 valence electrons. The highest BCUT2D eigenvalue weighted by molar-refractivity contribution is 5.25. The Morgan fingerprint density at radius 3 is 2.69 bits per heavy atom. The zero-order valence-corrected chi connectivity index (χ0v) is 8.62. The number of rotatable bonds is 2. The molecule has 4 heteroatoms. The lowest BCUT2D eigenvalue weighted by atomic mass is 10.1. The summed E-state index contributed by atoms with van der Waals surface area (Å²) in [6.07, 6.45) is 2.50. The number of aliphatic hydroxyl groups excluding tert-OH is 1. The summed E-state index contributed by atoms with van der Waals surface area (Å²) in [5.74, 6) is -1.47. The van der Waals surface area contributed by atoms with Crippen molar-refractivity contribution < 1.29 is 18.6 Å². The number of hydrogen-bond acceptors (Lipinski definition) is 2. The molecule has 0 saturated heterocycles. The summed E-state index contributed by atoms with van der Waals surface area (Å²) in [6, 6.07) is 3.33. The van der Waals surface area contributed by atoms with Gasteiger partial charge in [0, 0.05) is 0 Å². The van der Waals surface area contributed by atoms with Crippen LogP contribution in [0.3, 0.4) is 0 Å². The van der Waals surface area contributed by atoms with Crippen LogP contribution in [0.5, 0.6) is 0 Å². The minimum absolute atomic E-state index is 0.298. The Morgan fingerprint density at radius 2 is 2.06 bits per heavy atom. The van der Waals surface area contributed by atoms with Crippen LogP contribution in [-0.4, -0.2) is 11.7 Å². The Labute approximate surface area is 92.2 Å². The van der Waals surface area contributed by atoms with Gasteiger partial charge in [-0.2, -0.15) is 0 Å². The van der Waals surface area contributed by atoms with Crippen molar-refractivity contribution in [1.29, 1.82) is 0 Å². The molecule has 16 heavy (non-hydrogen) atoms. The molecule has 0 bridgehead atoms. The van der Waals surface area contributed by atoms with Gasteiger partial charge in [0.25, 0.3) is 0 Å². The van der Waals surface area contributed by atoms with Gasteiger partial charge in [0.2, 0.25) is 0 Å². The van der Waals surface area contributed by atoms with E-state index in [2.05, 4.69) is 0 Å². The number of halogens is 2. The highest BCUT2D eigenvalue weighted by atomic mass is 19.2. The SMILES string of the molecule is OC(C1=CCCCO1)c1ccc(F)c(F)c1. The molecule has 1 heterocycles. The maximum absolute atomic E-state index is 13.0. The van der Waals surface area contributed by atoms with Crippen molar-refractivity contribution in [2.24, 2.45) is 0 Å². The molecule has 1 N–H and O–H groups in total. The molecular formula is C12H12F2O2. The van der Waals surface area contributed by atoms with Gasteiger partial charge in [-0.25, -0.2) is 8.78 Å². The molecule has 1 unspecified atom stereocenters. The van der Waals surface area contributed by atoms with Crippen molar-refractivity contribution in [2.45, 2.75) is 18.9 Å². The van der Waals surface area contributed by atoms with E-state index in [1.165, 1.54) is 6.07 Å². The molecule has 1 aliphatic rings. The van der Waals surface area contributed by atoms with E-state index in [1.807, 2.05) is 0 Å². The monoisotopic (exact) mass is 226 g/mol. The second-order valence-electron chi connectivity index (χ2n) is 3.67. The highest BCUT2D eigenvalue weighted by Crippen LogP contribution is 2.26. The third kappa shape index (κ3) is 2.22. The fourth-order valence-electron chi connectivity index (χ4n) is 1.61. The highest BCUT2D eigenvalue weighted by Gasteiger charge is 2.18. The maximum atomic E-state index is 13.0. The average Bonchev–Trinajstić information content (AvgIpc) is 2.33. The quantitative estimate of drug-likeness (QED) is 0.840. The molecule has 2 nitrogen and oxygen atoms in total. The number of aliphatic hydroxyl groups is 1. The first-order valence-electron chi connectivity index (χ1n) is 5.14. The Bertz CT molecular complexity index is 415. The number of ether oxygens (including phenoxy) is 1. The van der Waals surface area contributed by atoms with Gasteiger partial charge < -0.3 is 9.84 Å². The van der Waals surface area contributed by atoms with E-state index in [0.29, 0.717) is 17.9 Å². The summed E-state index contributed by atoms with van der Waals surface area (Å²) in [5.41, 5.74) is 0.298. The van der Waals surface area contributed by atoms with E-state index in [4.69, 9.17) is 4.74 Å². The molecule has 2 rings (SSSR count). The molecule has 1 aromatic rings. The summed E-state index contributed by atoms with van der Waals surface area (Å²) in [6.45, 7) is 0.548. The Balaban J connectivity index is 2.22. The Morgan fingerprint density at radius 1 is 1.25 bits per heavy atom. The van der Waals surface area contributed by atoms with Crippen LogP contribution in [0, 0.1) is 11.6 Å². The summed E-state index contributed by atoms with van der Waals surface area (Å²) >= 11 is 0. The number of benzene rings is 1. The molecule has 0 aliphatic carbocycles. The van der Waals surface area contributed by atoms with E-state index in [0.717, 1.165) is 25.0 Å². The molecule has 0 saturated carbocycles. The van der Waals surface area contributed by atoms with Gasteiger partial charge >= 0.3 is 0 Å². The first-order chi connectivity index (χ1) is 7.68. The van der Waals surface area contributed by atoms with Crippen molar-refractivity contribution in [3.8, 4) is 0 Å². The third-order valence-corrected chi connectivity index (χ3v) is 2.49. The molecule has 1 aromatic carbocycles. The lowest BCUT2D eigenvalue weighted by Gasteiger charge is -2.20. The second kappa shape index (κ2) is 4.61. The van der Waals surface area contributed by atoms with Gasteiger partial charge in [-0.3, -0.25) is 0 Å². The predicted molar refractivity (Wildman–Crippen MR) is 54.6 cm³/mol. The maximum Gasteiger partial charge on any atom is 0.159 e. The van der Waals surface area contributed by atoms with E-state index in [-0.39, 0.29) is 0 Å². The van der Waals surface area contributed by atoms with Crippen LogP contribution in [0.15, 0.2) is 30.0 Å². The summed E-state index contributed by atoms with van der Waals surface area (Å²) < 4.78 is 30.9. The van der Waals surface area contributed by atoms with Crippen molar-refractivity contribution in [3.05, 3.63) is 47.2 Å². The van der Waals surface area contributed by atoms with Crippen molar-refractivity contribution in [3.63, 3.8) is 0 Å². The lowest BCUT2D eigenvalue weighted by Crippen LogP contribution is -2.10. The van der Waals surface area contributed by atoms with Crippen molar-refractivity contribution in [2.75, 3.05) is 6.61 Å². The number of hydrogen-bond donors (Lipinski definition) is 1. The van der Waals surface area contributed by atoms with Crippen LogP contribution in [-0.2, 0) is 4.74 Å². The van der Waals surface area contributed by atoms with Crippen LogP contribution in [0.4, 0.5) is 8.78 Å². The third-order valence-electron chi connectivity index (χ3n) is 2.49. The fraction of sp³-hybridized carbons (Fsp3) is 0.333. The fourth-order valence-corrected chi connectivity index (χ4v) is 1.61. The minimum Gasteiger partial charge on any atom is -0.495 e. The zero-order valence-electron chi connectivity index (χ0n) is 8.62. The predicted octanol–water partition coefficient (Wildman–Crippen LogP) is 2.69. The molecule has 0 aromatic heterocycles. The molecular weight excluding hydrogens is 214 g/mol. The van der Waals surface area contributed by atoms with E-state index in [9.17, 15) is 13.9 Å². The molecule has 0 spiro atoms. The molecule has 0 radical (unpaired) electrons. The summed E-state index contributed by atoms with van der Waals surface area (Å²) in [7, 11) is 0. The normalized spacial score (nSPS) is 17.6. The lowest BCUT2D eigenvalue weighted by molar-refractivity contribution is 0.0915. The minimum atomic E-state index is -1.02. The number of allylic oxidation sites excluding steroid dienone is 1. The summed E-state index contributed by atoms with van der Waals surface area (Å²) in [4.78, 5) is 0. The van der Waals surface area contributed by atoms with Crippen LogP contribution in [0.1, 0.15) is 24.5 Å². The molecule has 0 amide bonds. The van der Waals surface area contributed by atoms with Gasteiger partial charge in [-0.1, -0.05) is 6.07 Å². The molecule has 0 fully saturated rings.